The third-order valence-corrected chi connectivity index (χ3v) is 5.08. The Morgan fingerprint density at radius 1 is 1.24 bits per heavy atom. The zero-order chi connectivity index (χ0) is 20.4. The maximum atomic E-state index is 12.8. The zero-order valence-electron chi connectivity index (χ0n) is 17.1. The van der Waals surface area contributed by atoms with Gasteiger partial charge in [-0.05, 0) is 11.6 Å². The number of benzene rings is 1. The van der Waals surface area contributed by atoms with Crippen molar-refractivity contribution >= 4 is 34.3 Å². The monoisotopic (exact) mass is 394 g/mol. The number of fused-ring (bicyclic) bond motifs is 1. The maximum absolute atomic E-state index is 12.8. The molecule has 1 fully saturated rings. The number of ether oxygens (including phenoxy) is 1. The fourth-order valence-electron chi connectivity index (χ4n) is 3.64. The van der Waals surface area contributed by atoms with Crippen LogP contribution in [0.5, 0.6) is 0 Å². The Hall–Kier alpha value is -3.13. The fraction of sp³-hybridized carbons (Fsp3) is 0.381. The van der Waals surface area contributed by atoms with Gasteiger partial charge in [-0.1, -0.05) is 18.2 Å². The first kappa shape index (κ1) is 19.2. The highest BCUT2D eigenvalue weighted by atomic mass is 16.5. The molecule has 0 aliphatic carbocycles. The van der Waals surface area contributed by atoms with Crippen molar-refractivity contribution in [2.24, 2.45) is 7.05 Å². The lowest BCUT2D eigenvalue weighted by atomic mass is 10.1. The first-order chi connectivity index (χ1) is 14.0. The number of morpholine rings is 1. The molecule has 1 amide bonds. The van der Waals surface area contributed by atoms with Crippen LogP contribution >= 0.6 is 0 Å². The van der Waals surface area contributed by atoms with Crippen molar-refractivity contribution in [2.75, 3.05) is 55.5 Å². The summed E-state index contributed by atoms with van der Waals surface area (Å²) in [4.78, 5) is 25.9. The highest BCUT2D eigenvalue weighted by molar-refractivity contribution is 5.97. The molecule has 1 aromatic carbocycles. The van der Waals surface area contributed by atoms with Crippen LogP contribution in [0.15, 0.2) is 36.7 Å². The molecule has 1 saturated heterocycles. The number of aryl methyl sites for hydroxylation is 1. The summed E-state index contributed by atoms with van der Waals surface area (Å²) in [5, 5.41) is 4.08. The largest absolute Gasteiger partial charge is 0.378 e. The lowest BCUT2D eigenvalue weighted by Crippen LogP contribution is -2.37. The number of para-hydroxylation sites is 1. The molecule has 0 atom stereocenters. The number of amides is 1. The van der Waals surface area contributed by atoms with E-state index in [2.05, 4.69) is 26.3 Å². The van der Waals surface area contributed by atoms with Crippen LogP contribution in [0.1, 0.15) is 5.56 Å². The first-order valence-electron chi connectivity index (χ1n) is 9.73. The minimum atomic E-state index is -0.0906. The lowest BCUT2D eigenvalue weighted by molar-refractivity contribution is -0.115. The second-order valence-electron chi connectivity index (χ2n) is 7.41. The Labute approximate surface area is 170 Å². The van der Waals surface area contributed by atoms with Crippen LogP contribution in [0.4, 0.5) is 17.5 Å². The van der Waals surface area contributed by atoms with Gasteiger partial charge in [0.15, 0.2) is 5.82 Å². The third-order valence-electron chi connectivity index (χ3n) is 5.08. The summed E-state index contributed by atoms with van der Waals surface area (Å²) in [7, 11) is 5.81. The predicted octanol–water partition coefficient (Wildman–Crippen LogP) is 2.05. The van der Waals surface area contributed by atoms with Crippen molar-refractivity contribution in [2.45, 2.75) is 6.42 Å². The minimum Gasteiger partial charge on any atom is -0.378 e. The van der Waals surface area contributed by atoms with Gasteiger partial charge in [-0.15, -0.1) is 0 Å². The van der Waals surface area contributed by atoms with Crippen molar-refractivity contribution in [1.82, 2.24) is 14.5 Å². The quantitative estimate of drug-likeness (QED) is 0.714. The van der Waals surface area contributed by atoms with Crippen molar-refractivity contribution in [3.63, 3.8) is 0 Å². The van der Waals surface area contributed by atoms with E-state index in [1.54, 1.807) is 6.20 Å². The summed E-state index contributed by atoms with van der Waals surface area (Å²) >= 11 is 0. The summed E-state index contributed by atoms with van der Waals surface area (Å²) in [6, 6.07) is 8.09. The Balaban J connectivity index is 1.54. The molecule has 2 aromatic heterocycles. The van der Waals surface area contributed by atoms with Gasteiger partial charge >= 0.3 is 0 Å². The molecule has 1 aliphatic heterocycles. The molecule has 0 saturated carbocycles. The van der Waals surface area contributed by atoms with E-state index in [-0.39, 0.29) is 5.91 Å². The molecule has 29 heavy (non-hydrogen) atoms. The van der Waals surface area contributed by atoms with Gasteiger partial charge in [0.25, 0.3) is 0 Å². The van der Waals surface area contributed by atoms with E-state index in [1.165, 1.54) is 0 Å². The topological polar surface area (TPSA) is 75.5 Å². The van der Waals surface area contributed by atoms with Crippen molar-refractivity contribution in [3.05, 3.63) is 42.2 Å². The molecule has 3 aromatic rings. The summed E-state index contributed by atoms with van der Waals surface area (Å²) in [5.41, 5.74) is 2.72. The van der Waals surface area contributed by atoms with Crippen LogP contribution in [0.2, 0.25) is 0 Å². The van der Waals surface area contributed by atoms with Crippen LogP contribution in [0, 0.1) is 0 Å². The predicted molar refractivity (Wildman–Crippen MR) is 115 cm³/mol. The van der Waals surface area contributed by atoms with E-state index in [0.717, 1.165) is 29.6 Å². The van der Waals surface area contributed by atoms with Crippen molar-refractivity contribution in [1.29, 1.82) is 0 Å². The second kappa shape index (κ2) is 8.08. The van der Waals surface area contributed by atoms with E-state index >= 15 is 0 Å². The van der Waals surface area contributed by atoms with E-state index in [0.29, 0.717) is 37.1 Å². The molecular weight excluding hydrogens is 368 g/mol. The van der Waals surface area contributed by atoms with Gasteiger partial charge in [-0.25, -0.2) is 4.98 Å². The summed E-state index contributed by atoms with van der Waals surface area (Å²) in [6.45, 7) is 2.87. The molecule has 8 nitrogen and oxygen atoms in total. The number of nitrogens with one attached hydrogen (secondary N) is 1. The smallest absolute Gasteiger partial charge is 0.229 e. The van der Waals surface area contributed by atoms with Crippen LogP contribution < -0.4 is 15.1 Å². The molecule has 0 spiro atoms. The Morgan fingerprint density at radius 2 is 2.00 bits per heavy atom. The molecule has 4 rings (SSSR count). The number of nitrogens with zero attached hydrogens (tertiary/aromatic N) is 5. The highest BCUT2D eigenvalue weighted by Gasteiger charge is 2.18. The van der Waals surface area contributed by atoms with E-state index in [9.17, 15) is 4.79 Å². The average molecular weight is 394 g/mol. The molecular formula is C21H26N6O2. The normalized spacial score (nSPS) is 14.2. The molecule has 0 unspecified atom stereocenters. The second-order valence-corrected chi connectivity index (χ2v) is 7.41. The maximum Gasteiger partial charge on any atom is 0.229 e. The van der Waals surface area contributed by atoms with Crippen LogP contribution in [-0.4, -0.2) is 60.8 Å². The summed E-state index contributed by atoms with van der Waals surface area (Å²) in [5.74, 6) is 1.25. The SMILES string of the molecule is CN(C)c1nc(N2CCOCC2)ncc1NC(=O)Cc1cn(C)c2ccccc12. The third kappa shape index (κ3) is 4.02. The molecule has 3 heterocycles. The van der Waals surface area contributed by atoms with Crippen LogP contribution in [-0.2, 0) is 23.0 Å². The summed E-state index contributed by atoms with van der Waals surface area (Å²) in [6.07, 6.45) is 3.99. The summed E-state index contributed by atoms with van der Waals surface area (Å²) < 4.78 is 7.44. The molecule has 1 aliphatic rings. The van der Waals surface area contributed by atoms with Crippen LogP contribution in [0.25, 0.3) is 10.9 Å². The molecule has 8 heteroatoms. The number of aromatic nitrogens is 3. The number of rotatable bonds is 5. The van der Waals surface area contributed by atoms with Crippen molar-refractivity contribution in [3.8, 4) is 0 Å². The standard InChI is InChI=1S/C21H26N6O2/c1-25(2)20-17(13-22-21(24-20)27-8-10-29-11-9-27)23-19(28)12-15-14-26(3)18-7-5-4-6-16(15)18/h4-7,13-14H,8-12H2,1-3H3,(H,23,28). The van der Waals surface area contributed by atoms with Gasteiger partial charge in [0, 0.05) is 51.3 Å². The number of hydrogen-bond donors (Lipinski definition) is 1. The van der Waals surface area contributed by atoms with Gasteiger partial charge < -0.3 is 24.4 Å². The Kier molecular flexibility index (Phi) is 5.35. The van der Waals surface area contributed by atoms with Gasteiger partial charge in [0.2, 0.25) is 11.9 Å². The average Bonchev–Trinajstić information content (AvgIpc) is 3.04. The lowest BCUT2D eigenvalue weighted by Gasteiger charge is -2.28. The van der Waals surface area contributed by atoms with Crippen molar-refractivity contribution < 1.29 is 9.53 Å². The molecule has 0 bridgehead atoms. The number of carbonyl (C=O) groups is 1. The highest BCUT2D eigenvalue weighted by Crippen LogP contribution is 2.25. The Bertz CT molecular complexity index is 1020. The fourth-order valence-corrected chi connectivity index (χ4v) is 3.64. The van der Waals surface area contributed by atoms with Gasteiger partial charge in [-0.3, -0.25) is 4.79 Å². The molecule has 152 valence electrons. The molecule has 0 radical (unpaired) electrons. The number of hydrogen-bond acceptors (Lipinski definition) is 6. The number of carbonyl (C=O) groups excluding carboxylic acids is 1. The van der Waals surface area contributed by atoms with Gasteiger partial charge in [0.05, 0.1) is 25.8 Å². The zero-order valence-corrected chi connectivity index (χ0v) is 17.1. The van der Waals surface area contributed by atoms with E-state index < -0.39 is 0 Å². The first-order valence-corrected chi connectivity index (χ1v) is 9.73. The molecule has 1 N–H and O–H groups in total. The number of anilines is 3. The Morgan fingerprint density at radius 3 is 2.76 bits per heavy atom. The van der Waals surface area contributed by atoms with Crippen LogP contribution in [0.3, 0.4) is 0 Å². The van der Waals surface area contributed by atoms with E-state index in [1.807, 2.05) is 55.0 Å². The van der Waals surface area contributed by atoms with E-state index in [4.69, 9.17) is 4.74 Å². The van der Waals surface area contributed by atoms with Gasteiger partial charge in [-0.2, -0.15) is 4.98 Å². The minimum absolute atomic E-state index is 0.0906. The van der Waals surface area contributed by atoms with Gasteiger partial charge in [0.1, 0.15) is 5.69 Å².